The first-order valence-corrected chi connectivity index (χ1v) is 18.9. The Bertz CT molecular complexity index is 1770. The number of hydrogen-bond donors (Lipinski definition) is 1. The number of carbonyl (C=O) groups excluding carboxylic acids is 2. The Morgan fingerprint density at radius 2 is 1.52 bits per heavy atom. The highest BCUT2D eigenvalue weighted by Gasteiger charge is 2.36. The van der Waals surface area contributed by atoms with E-state index in [1.807, 2.05) is 43.5 Å². The summed E-state index contributed by atoms with van der Waals surface area (Å²) in [6.07, 6.45) is 2.75. The number of nitrogens with one attached hydrogen (secondary N) is 1. The highest BCUT2D eigenvalue weighted by molar-refractivity contribution is 7.98. The molecule has 254 valence electrons. The van der Waals surface area contributed by atoms with Crippen LogP contribution in [-0.2, 0) is 32.6 Å². The Morgan fingerprint density at radius 3 is 2.15 bits per heavy atom. The number of rotatable bonds is 16. The zero-order chi connectivity index (χ0) is 34.7. The van der Waals surface area contributed by atoms with Crippen LogP contribution >= 0.6 is 35.0 Å². The first-order valence-electron chi connectivity index (χ1n) is 15.5. The Labute approximate surface area is 297 Å². The van der Waals surface area contributed by atoms with E-state index in [1.54, 1.807) is 61.5 Å². The number of para-hydroxylation sites is 2. The van der Waals surface area contributed by atoms with Gasteiger partial charge in [0.15, 0.2) is 0 Å². The van der Waals surface area contributed by atoms with Crippen LogP contribution in [0, 0.1) is 0 Å². The van der Waals surface area contributed by atoms with Gasteiger partial charge in [-0.1, -0.05) is 78.7 Å². The topological polar surface area (TPSA) is 96.0 Å². The maximum absolute atomic E-state index is 14.7. The summed E-state index contributed by atoms with van der Waals surface area (Å²) in [6.45, 7) is 3.62. The fourth-order valence-corrected chi connectivity index (χ4v) is 7.45. The van der Waals surface area contributed by atoms with Crippen LogP contribution in [0.1, 0.15) is 31.4 Å². The molecule has 4 aromatic carbocycles. The monoisotopic (exact) mass is 727 g/mol. The van der Waals surface area contributed by atoms with E-state index in [2.05, 4.69) is 5.32 Å². The molecule has 0 saturated carbocycles. The lowest BCUT2D eigenvalue weighted by atomic mass is 10.0. The molecular formula is C36H39Cl2N3O5S2. The van der Waals surface area contributed by atoms with Gasteiger partial charge < -0.3 is 15.0 Å². The first-order chi connectivity index (χ1) is 23.1. The standard InChI is InChI=1S/C36H39Cl2N3O5S2/c1-4-22-39-36(43)33(23-26-12-7-6-8-13-26)40(24-29-30(37)14-11-15-31(29)38)35(42)25-41(32-16-9-10-17-34(32)46-5-2)48(44,45)28-20-18-27(47-3)19-21-28/h6-21,33H,4-5,22-25H2,1-3H3,(H,39,43)/t33-/m1/s1. The van der Waals surface area contributed by atoms with Crippen molar-refractivity contribution in [3.05, 3.63) is 118 Å². The van der Waals surface area contributed by atoms with Crippen molar-refractivity contribution in [1.29, 1.82) is 0 Å². The molecule has 2 amide bonds. The Balaban J connectivity index is 1.86. The number of carbonyl (C=O) groups is 2. The van der Waals surface area contributed by atoms with Crippen LogP contribution < -0.4 is 14.4 Å². The van der Waals surface area contributed by atoms with Crippen molar-refractivity contribution in [2.75, 3.05) is 30.3 Å². The smallest absolute Gasteiger partial charge is 0.264 e. The zero-order valence-corrected chi connectivity index (χ0v) is 30.2. The predicted octanol–water partition coefficient (Wildman–Crippen LogP) is 7.48. The second-order valence-corrected chi connectivity index (χ2v) is 14.4. The summed E-state index contributed by atoms with van der Waals surface area (Å²) in [5.41, 5.74) is 1.44. The summed E-state index contributed by atoms with van der Waals surface area (Å²) >= 11 is 14.7. The van der Waals surface area contributed by atoms with Crippen molar-refractivity contribution in [2.24, 2.45) is 0 Å². The van der Waals surface area contributed by atoms with Crippen LogP contribution in [0.4, 0.5) is 5.69 Å². The highest BCUT2D eigenvalue weighted by atomic mass is 35.5. The largest absolute Gasteiger partial charge is 0.492 e. The van der Waals surface area contributed by atoms with Crippen molar-refractivity contribution in [3.63, 3.8) is 0 Å². The third-order valence-electron chi connectivity index (χ3n) is 7.57. The number of halogens is 2. The minimum Gasteiger partial charge on any atom is -0.492 e. The molecule has 48 heavy (non-hydrogen) atoms. The SMILES string of the molecule is CCCNC(=O)[C@@H](Cc1ccccc1)N(Cc1c(Cl)cccc1Cl)C(=O)CN(c1ccccc1OCC)S(=O)(=O)c1ccc(SC)cc1. The van der Waals surface area contributed by atoms with E-state index >= 15 is 0 Å². The van der Waals surface area contributed by atoms with Gasteiger partial charge in [0.05, 0.1) is 17.2 Å². The number of sulfonamides is 1. The number of hydrogen-bond acceptors (Lipinski definition) is 6. The molecule has 1 N–H and O–H groups in total. The number of anilines is 1. The number of amides is 2. The van der Waals surface area contributed by atoms with Gasteiger partial charge in [-0.3, -0.25) is 13.9 Å². The lowest BCUT2D eigenvalue weighted by Gasteiger charge is -2.34. The minimum atomic E-state index is -4.31. The Kier molecular flexibility index (Phi) is 13.6. The molecule has 0 bridgehead atoms. The molecule has 0 spiro atoms. The first kappa shape index (κ1) is 37.1. The van der Waals surface area contributed by atoms with Gasteiger partial charge in [0.2, 0.25) is 11.8 Å². The molecule has 0 aliphatic carbocycles. The molecule has 0 heterocycles. The molecule has 0 aromatic heterocycles. The van der Waals surface area contributed by atoms with Crippen LogP contribution in [0.3, 0.4) is 0 Å². The van der Waals surface area contributed by atoms with Gasteiger partial charge in [-0.05, 0) is 73.7 Å². The van der Waals surface area contributed by atoms with E-state index in [0.29, 0.717) is 34.3 Å². The summed E-state index contributed by atoms with van der Waals surface area (Å²) in [6, 6.07) is 26.4. The van der Waals surface area contributed by atoms with E-state index in [4.69, 9.17) is 27.9 Å². The van der Waals surface area contributed by atoms with Crippen LogP contribution in [-0.4, -0.2) is 57.1 Å². The zero-order valence-electron chi connectivity index (χ0n) is 27.1. The summed E-state index contributed by atoms with van der Waals surface area (Å²) < 4.78 is 35.7. The quantitative estimate of drug-likeness (QED) is 0.120. The molecule has 4 rings (SSSR count). The van der Waals surface area contributed by atoms with Gasteiger partial charge in [0, 0.05) is 40.0 Å². The molecule has 0 unspecified atom stereocenters. The van der Waals surface area contributed by atoms with Crippen LogP contribution in [0.5, 0.6) is 5.75 Å². The van der Waals surface area contributed by atoms with Gasteiger partial charge in [-0.25, -0.2) is 8.42 Å². The van der Waals surface area contributed by atoms with Gasteiger partial charge >= 0.3 is 0 Å². The normalized spacial score (nSPS) is 11.9. The number of ether oxygens (including phenoxy) is 1. The maximum Gasteiger partial charge on any atom is 0.264 e. The molecule has 0 aliphatic rings. The average Bonchev–Trinajstić information content (AvgIpc) is 3.09. The predicted molar refractivity (Wildman–Crippen MR) is 195 cm³/mol. The summed E-state index contributed by atoms with van der Waals surface area (Å²) in [5, 5.41) is 3.55. The van der Waals surface area contributed by atoms with E-state index < -0.39 is 28.5 Å². The Hall–Kier alpha value is -3.70. The molecule has 4 aromatic rings. The highest BCUT2D eigenvalue weighted by Crippen LogP contribution is 2.34. The number of thioether (sulfide) groups is 1. The molecular weight excluding hydrogens is 689 g/mol. The van der Waals surface area contributed by atoms with Crippen molar-refractivity contribution in [1.82, 2.24) is 10.2 Å². The molecule has 8 nitrogen and oxygen atoms in total. The molecule has 0 aliphatic heterocycles. The van der Waals surface area contributed by atoms with E-state index in [0.717, 1.165) is 14.8 Å². The molecule has 0 fully saturated rings. The van der Waals surface area contributed by atoms with E-state index in [1.165, 1.54) is 28.8 Å². The lowest BCUT2D eigenvalue weighted by molar-refractivity contribution is -0.140. The lowest BCUT2D eigenvalue weighted by Crippen LogP contribution is -2.53. The van der Waals surface area contributed by atoms with Gasteiger partial charge in [0.1, 0.15) is 18.3 Å². The van der Waals surface area contributed by atoms with E-state index in [9.17, 15) is 18.0 Å². The van der Waals surface area contributed by atoms with Crippen LogP contribution in [0.25, 0.3) is 0 Å². The van der Waals surface area contributed by atoms with Crippen LogP contribution in [0.2, 0.25) is 10.0 Å². The van der Waals surface area contributed by atoms with Gasteiger partial charge in [-0.15, -0.1) is 11.8 Å². The second kappa shape index (κ2) is 17.6. The number of nitrogens with zero attached hydrogens (tertiary/aromatic N) is 2. The van der Waals surface area contributed by atoms with Crippen molar-refractivity contribution in [3.8, 4) is 5.75 Å². The van der Waals surface area contributed by atoms with E-state index in [-0.39, 0.29) is 36.1 Å². The third-order valence-corrected chi connectivity index (χ3v) is 10.8. The fraction of sp³-hybridized carbons (Fsp3) is 0.278. The minimum absolute atomic E-state index is 0.00150. The maximum atomic E-state index is 14.7. The van der Waals surface area contributed by atoms with Crippen molar-refractivity contribution >= 4 is 62.5 Å². The number of benzene rings is 4. The molecule has 0 saturated heterocycles. The van der Waals surface area contributed by atoms with Gasteiger partial charge in [-0.2, -0.15) is 0 Å². The third kappa shape index (κ3) is 9.25. The summed E-state index contributed by atoms with van der Waals surface area (Å²) in [4.78, 5) is 30.8. The van der Waals surface area contributed by atoms with Gasteiger partial charge in [0.25, 0.3) is 10.0 Å². The van der Waals surface area contributed by atoms with Crippen molar-refractivity contribution < 1.29 is 22.7 Å². The average molecular weight is 729 g/mol. The molecule has 12 heteroatoms. The summed E-state index contributed by atoms with van der Waals surface area (Å²) in [5.74, 6) is -0.720. The summed E-state index contributed by atoms with van der Waals surface area (Å²) in [7, 11) is -4.31. The van der Waals surface area contributed by atoms with Crippen molar-refractivity contribution in [2.45, 2.75) is 49.1 Å². The molecule has 1 atom stereocenters. The fourth-order valence-electron chi connectivity index (χ4n) is 5.10. The van der Waals surface area contributed by atoms with Crippen LogP contribution in [0.15, 0.2) is 107 Å². The molecule has 0 radical (unpaired) electrons. The Morgan fingerprint density at radius 1 is 0.875 bits per heavy atom. The second-order valence-electron chi connectivity index (χ2n) is 10.8.